The predicted octanol–water partition coefficient (Wildman–Crippen LogP) is 1.31. The summed E-state index contributed by atoms with van der Waals surface area (Å²) < 4.78 is 0. The molecule has 0 aliphatic rings. The van der Waals surface area contributed by atoms with Crippen molar-refractivity contribution in [3.05, 3.63) is 71.8 Å². The fraction of sp³-hybridized carbons (Fsp3) is 0.125. The third-order valence-electron chi connectivity index (χ3n) is 3.30. The lowest BCUT2D eigenvalue weighted by Crippen LogP contribution is -2.24. The molecule has 0 fully saturated rings. The monoisotopic (exact) mass is 307 g/mol. The molecule has 0 spiro atoms. The summed E-state index contributed by atoms with van der Waals surface area (Å²) in [6.45, 7) is 0.396. The Morgan fingerprint density at radius 1 is 0.870 bits per heavy atom. The van der Waals surface area contributed by atoms with Gasteiger partial charge in [0, 0.05) is 6.20 Å². The lowest BCUT2D eigenvalue weighted by Gasteiger charge is -2.18. The van der Waals surface area contributed by atoms with E-state index >= 15 is 0 Å². The first-order valence-corrected chi connectivity index (χ1v) is 7.17. The van der Waals surface area contributed by atoms with Crippen LogP contribution in [0.15, 0.2) is 54.7 Å². The zero-order valence-corrected chi connectivity index (χ0v) is 12.4. The molecule has 116 valence electrons. The molecule has 23 heavy (non-hydrogen) atoms. The van der Waals surface area contributed by atoms with E-state index in [1.165, 1.54) is 0 Å². The molecule has 0 aliphatic heterocycles. The van der Waals surface area contributed by atoms with Crippen molar-refractivity contribution in [2.75, 3.05) is 11.5 Å². The highest BCUT2D eigenvalue weighted by Crippen LogP contribution is 2.20. The molecule has 0 radical (unpaired) electrons. The molecule has 1 atom stereocenters. The molecule has 2 heterocycles. The van der Waals surface area contributed by atoms with Crippen molar-refractivity contribution in [3.63, 3.8) is 0 Å². The van der Waals surface area contributed by atoms with Crippen LogP contribution in [-0.2, 0) is 6.54 Å². The van der Waals surface area contributed by atoms with E-state index in [-0.39, 0.29) is 17.9 Å². The van der Waals surface area contributed by atoms with E-state index in [0.717, 1.165) is 11.3 Å². The number of rotatable bonds is 5. The highest BCUT2D eigenvalue weighted by molar-refractivity contribution is 5.28. The van der Waals surface area contributed by atoms with E-state index in [2.05, 4.69) is 25.3 Å². The lowest BCUT2D eigenvalue weighted by atomic mass is 10.0. The van der Waals surface area contributed by atoms with E-state index in [9.17, 15) is 0 Å². The molecule has 3 rings (SSSR count). The normalized spacial score (nSPS) is 12.0. The first-order valence-electron chi connectivity index (χ1n) is 7.17. The quantitative estimate of drug-likeness (QED) is 0.650. The summed E-state index contributed by atoms with van der Waals surface area (Å²) in [5.74, 6) is 0.721. The molecule has 1 unspecified atom stereocenters. The first-order chi connectivity index (χ1) is 11.2. The SMILES string of the molecule is Nc1nc(N)nc(CNC(c2ccccc2)c2ccccn2)n1. The number of hydrogen-bond donors (Lipinski definition) is 3. The second-order valence-electron chi connectivity index (χ2n) is 4.95. The molecule has 7 nitrogen and oxygen atoms in total. The maximum absolute atomic E-state index is 5.61. The van der Waals surface area contributed by atoms with Crippen molar-refractivity contribution in [1.29, 1.82) is 0 Å². The number of nitrogens with two attached hydrogens (primary N) is 2. The standard InChI is InChI=1S/C16H17N7/c17-15-21-13(22-16(18)23-15)10-20-14(11-6-2-1-3-7-11)12-8-4-5-9-19-12/h1-9,14,20H,10H2,(H4,17,18,21,22,23). The van der Waals surface area contributed by atoms with Crippen molar-refractivity contribution in [2.24, 2.45) is 0 Å². The summed E-state index contributed by atoms with van der Waals surface area (Å²) in [5.41, 5.74) is 13.2. The number of benzene rings is 1. The summed E-state index contributed by atoms with van der Waals surface area (Å²) in [5, 5.41) is 3.40. The van der Waals surface area contributed by atoms with Gasteiger partial charge in [-0.05, 0) is 17.7 Å². The fourth-order valence-electron chi connectivity index (χ4n) is 2.31. The molecule has 0 bridgehead atoms. The smallest absolute Gasteiger partial charge is 0.225 e. The zero-order valence-electron chi connectivity index (χ0n) is 12.4. The molecule has 5 N–H and O–H groups in total. The van der Waals surface area contributed by atoms with Crippen LogP contribution in [-0.4, -0.2) is 19.9 Å². The number of aromatic nitrogens is 4. The van der Waals surface area contributed by atoms with Crippen LogP contribution in [0, 0.1) is 0 Å². The van der Waals surface area contributed by atoms with Gasteiger partial charge in [0.2, 0.25) is 11.9 Å². The van der Waals surface area contributed by atoms with Gasteiger partial charge in [-0.25, -0.2) is 0 Å². The maximum Gasteiger partial charge on any atom is 0.225 e. The Labute approximate surface area is 133 Å². The molecule has 0 amide bonds. The van der Waals surface area contributed by atoms with Crippen LogP contribution in [0.3, 0.4) is 0 Å². The average Bonchev–Trinajstić information content (AvgIpc) is 2.56. The van der Waals surface area contributed by atoms with Crippen LogP contribution in [0.4, 0.5) is 11.9 Å². The van der Waals surface area contributed by atoms with Gasteiger partial charge in [-0.3, -0.25) is 10.3 Å². The molecule has 0 saturated heterocycles. The van der Waals surface area contributed by atoms with Gasteiger partial charge in [0.25, 0.3) is 0 Å². The number of anilines is 2. The van der Waals surface area contributed by atoms with Gasteiger partial charge in [-0.15, -0.1) is 0 Å². The minimum absolute atomic E-state index is 0.0865. The molecule has 2 aromatic heterocycles. The van der Waals surface area contributed by atoms with E-state index in [1.807, 2.05) is 48.5 Å². The first kappa shape index (κ1) is 14.9. The number of hydrogen-bond acceptors (Lipinski definition) is 7. The van der Waals surface area contributed by atoms with E-state index in [1.54, 1.807) is 6.20 Å². The summed E-state index contributed by atoms with van der Waals surface area (Å²) in [6, 6.07) is 15.8. The predicted molar refractivity (Wildman–Crippen MR) is 88.0 cm³/mol. The number of nitrogen functional groups attached to an aromatic ring is 2. The van der Waals surface area contributed by atoms with Gasteiger partial charge >= 0.3 is 0 Å². The van der Waals surface area contributed by atoms with Crippen LogP contribution in [0.5, 0.6) is 0 Å². The molecule has 1 aromatic carbocycles. The Kier molecular flexibility index (Phi) is 4.39. The summed E-state index contributed by atoms with van der Waals surface area (Å²) in [4.78, 5) is 16.4. The lowest BCUT2D eigenvalue weighted by molar-refractivity contribution is 0.574. The Bertz CT molecular complexity index is 702. The van der Waals surface area contributed by atoms with Crippen molar-refractivity contribution in [2.45, 2.75) is 12.6 Å². The minimum Gasteiger partial charge on any atom is -0.368 e. The van der Waals surface area contributed by atoms with Crippen molar-refractivity contribution in [3.8, 4) is 0 Å². The van der Waals surface area contributed by atoms with Gasteiger partial charge in [-0.1, -0.05) is 36.4 Å². The average molecular weight is 307 g/mol. The number of nitrogens with one attached hydrogen (secondary N) is 1. The summed E-state index contributed by atoms with van der Waals surface area (Å²) in [7, 11) is 0. The number of pyridine rings is 1. The minimum atomic E-state index is -0.0865. The maximum atomic E-state index is 5.61. The van der Waals surface area contributed by atoms with Crippen molar-refractivity contribution in [1.82, 2.24) is 25.3 Å². The summed E-state index contributed by atoms with van der Waals surface area (Å²) >= 11 is 0. The molecular formula is C16H17N7. The van der Waals surface area contributed by atoms with Crippen LogP contribution in [0.2, 0.25) is 0 Å². The highest BCUT2D eigenvalue weighted by atomic mass is 15.2. The molecular weight excluding hydrogens is 290 g/mol. The van der Waals surface area contributed by atoms with Gasteiger partial charge < -0.3 is 11.5 Å². The van der Waals surface area contributed by atoms with Crippen LogP contribution in [0.1, 0.15) is 23.1 Å². The molecule has 3 aromatic rings. The third kappa shape index (κ3) is 3.78. The Hall–Kier alpha value is -3.06. The Morgan fingerprint density at radius 3 is 2.22 bits per heavy atom. The second kappa shape index (κ2) is 6.80. The van der Waals surface area contributed by atoms with Crippen molar-refractivity contribution >= 4 is 11.9 Å². The van der Waals surface area contributed by atoms with Crippen LogP contribution in [0.25, 0.3) is 0 Å². The van der Waals surface area contributed by atoms with Gasteiger partial charge in [0.05, 0.1) is 18.3 Å². The van der Waals surface area contributed by atoms with Crippen LogP contribution < -0.4 is 16.8 Å². The van der Waals surface area contributed by atoms with Gasteiger partial charge in [0.1, 0.15) is 5.82 Å². The summed E-state index contributed by atoms with van der Waals surface area (Å²) in [6.07, 6.45) is 1.77. The van der Waals surface area contributed by atoms with Crippen LogP contribution >= 0.6 is 0 Å². The Morgan fingerprint density at radius 2 is 1.57 bits per heavy atom. The van der Waals surface area contributed by atoms with E-state index < -0.39 is 0 Å². The molecule has 0 saturated carbocycles. The van der Waals surface area contributed by atoms with E-state index in [4.69, 9.17) is 11.5 Å². The zero-order chi connectivity index (χ0) is 16.1. The fourth-order valence-corrected chi connectivity index (χ4v) is 2.31. The van der Waals surface area contributed by atoms with Gasteiger partial charge in [0.15, 0.2) is 0 Å². The van der Waals surface area contributed by atoms with E-state index in [0.29, 0.717) is 12.4 Å². The highest BCUT2D eigenvalue weighted by Gasteiger charge is 2.15. The van der Waals surface area contributed by atoms with Gasteiger partial charge in [-0.2, -0.15) is 15.0 Å². The molecule has 7 heteroatoms. The second-order valence-corrected chi connectivity index (χ2v) is 4.95. The molecule has 0 aliphatic carbocycles. The largest absolute Gasteiger partial charge is 0.368 e. The topological polar surface area (TPSA) is 116 Å². The number of nitrogens with zero attached hydrogens (tertiary/aromatic N) is 4. The van der Waals surface area contributed by atoms with Crippen molar-refractivity contribution < 1.29 is 0 Å². The Balaban J connectivity index is 1.85. The third-order valence-corrected chi connectivity index (χ3v) is 3.30.